The topological polar surface area (TPSA) is 14.2 Å². The van der Waals surface area contributed by atoms with Gasteiger partial charge in [0.2, 0.25) is 0 Å². The Morgan fingerprint density at radius 1 is 1.38 bits per heavy atom. The SMILES string of the molecule is Cc1ccc2ccn(CC3CCCO3)c2c1. The Bertz CT molecular complexity index is 494. The molecule has 0 saturated carbocycles. The van der Waals surface area contributed by atoms with E-state index in [1.165, 1.54) is 29.3 Å². The third-order valence-electron chi connectivity index (χ3n) is 3.35. The summed E-state index contributed by atoms with van der Waals surface area (Å²) in [5, 5.41) is 1.32. The number of nitrogens with zero attached hydrogens (tertiary/aromatic N) is 1. The maximum Gasteiger partial charge on any atom is 0.0754 e. The lowest BCUT2D eigenvalue weighted by Gasteiger charge is -2.11. The lowest BCUT2D eigenvalue weighted by atomic mass is 10.2. The Kier molecular flexibility index (Phi) is 2.44. The van der Waals surface area contributed by atoms with E-state index < -0.39 is 0 Å². The van der Waals surface area contributed by atoms with Crippen molar-refractivity contribution in [3.63, 3.8) is 0 Å². The number of ether oxygens (including phenoxy) is 1. The summed E-state index contributed by atoms with van der Waals surface area (Å²) in [4.78, 5) is 0. The number of hydrogen-bond donors (Lipinski definition) is 0. The molecule has 0 N–H and O–H groups in total. The monoisotopic (exact) mass is 215 g/mol. The first kappa shape index (κ1) is 9.91. The van der Waals surface area contributed by atoms with Gasteiger partial charge in [0.05, 0.1) is 6.10 Å². The maximum absolute atomic E-state index is 5.68. The van der Waals surface area contributed by atoms with Gasteiger partial charge >= 0.3 is 0 Å². The van der Waals surface area contributed by atoms with Gasteiger partial charge in [-0.2, -0.15) is 0 Å². The van der Waals surface area contributed by atoms with Crippen molar-refractivity contribution in [1.82, 2.24) is 4.57 Å². The van der Waals surface area contributed by atoms with Crippen LogP contribution in [0, 0.1) is 6.92 Å². The lowest BCUT2D eigenvalue weighted by molar-refractivity contribution is 0.0980. The summed E-state index contributed by atoms with van der Waals surface area (Å²) in [6.45, 7) is 4.07. The average molecular weight is 215 g/mol. The third kappa shape index (κ3) is 1.74. The van der Waals surface area contributed by atoms with Crippen LogP contribution in [0.2, 0.25) is 0 Å². The largest absolute Gasteiger partial charge is 0.376 e. The second-order valence-corrected chi connectivity index (χ2v) is 4.67. The molecule has 0 bridgehead atoms. The van der Waals surface area contributed by atoms with Crippen molar-refractivity contribution in [3.8, 4) is 0 Å². The number of rotatable bonds is 2. The van der Waals surface area contributed by atoms with Crippen LogP contribution in [0.15, 0.2) is 30.5 Å². The average Bonchev–Trinajstić information content (AvgIpc) is 2.90. The highest BCUT2D eigenvalue weighted by Gasteiger charge is 2.16. The summed E-state index contributed by atoms with van der Waals surface area (Å²) in [5.41, 5.74) is 2.65. The summed E-state index contributed by atoms with van der Waals surface area (Å²) in [7, 11) is 0. The van der Waals surface area contributed by atoms with Crippen molar-refractivity contribution in [2.24, 2.45) is 0 Å². The summed E-state index contributed by atoms with van der Waals surface area (Å²) >= 11 is 0. The normalized spacial score (nSPS) is 20.7. The van der Waals surface area contributed by atoms with E-state index in [1.807, 2.05) is 0 Å². The molecule has 1 aliphatic rings. The Hall–Kier alpha value is -1.28. The first-order valence-corrected chi connectivity index (χ1v) is 6.00. The van der Waals surface area contributed by atoms with Crippen molar-refractivity contribution in [3.05, 3.63) is 36.0 Å². The molecule has 1 aliphatic heterocycles. The van der Waals surface area contributed by atoms with Crippen molar-refractivity contribution in [1.29, 1.82) is 0 Å². The van der Waals surface area contributed by atoms with Crippen LogP contribution in [0.25, 0.3) is 10.9 Å². The zero-order chi connectivity index (χ0) is 11.0. The molecule has 16 heavy (non-hydrogen) atoms. The van der Waals surface area contributed by atoms with Crippen LogP contribution in [0.4, 0.5) is 0 Å². The van der Waals surface area contributed by atoms with Gasteiger partial charge in [0.15, 0.2) is 0 Å². The quantitative estimate of drug-likeness (QED) is 0.750. The van der Waals surface area contributed by atoms with E-state index in [2.05, 4.69) is 42.0 Å². The van der Waals surface area contributed by atoms with E-state index in [4.69, 9.17) is 4.74 Å². The van der Waals surface area contributed by atoms with Gasteiger partial charge in [-0.1, -0.05) is 12.1 Å². The van der Waals surface area contributed by atoms with E-state index in [-0.39, 0.29) is 0 Å². The summed E-state index contributed by atoms with van der Waals surface area (Å²) < 4.78 is 8.00. The third-order valence-corrected chi connectivity index (χ3v) is 3.35. The number of aryl methyl sites for hydroxylation is 1. The zero-order valence-corrected chi connectivity index (χ0v) is 9.65. The second-order valence-electron chi connectivity index (χ2n) is 4.67. The molecule has 2 heterocycles. The molecule has 0 spiro atoms. The molecule has 0 radical (unpaired) electrons. The second kappa shape index (κ2) is 3.95. The molecule has 0 amide bonds. The van der Waals surface area contributed by atoms with Gasteiger partial charge in [0.1, 0.15) is 0 Å². The van der Waals surface area contributed by atoms with Gasteiger partial charge in [-0.05, 0) is 42.8 Å². The fourth-order valence-corrected chi connectivity index (χ4v) is 2.46. The molecule has 1 unspecified atom stereocenters. The molecule has 1 aromatic heterocycles. The first-order chi connectivity index (χ1) is 7.83. The van der Waals surface area contributed by atoms with Crippen LogP contribution in [-0.2, 0) is 11.3 Å². The van der Waals surface area contributed by atoms with Crippen LogP contribution in [-0.4, -0.2) is 17.3 Å². The maximum atomic E-state index is 5.68. The van der Waals surface area contributed by atoms with Gasteiger partial charge in [0, 0.05) is 24.9 Å². The number of aromatic nitrogens is 1. The number of hydrogen-bond acceptors (Lipinski definition) is 1. The Morgan fingerprint density at radius 2 is 2.31 bits per heavy atom. The predicted molar refractivity (Wildman–Crippen MR) is 65.6 cm³/mol. The molecule has 2 aromatic rings. The number of benzene rings is 1. The Labute approximate surface area is 95.8 Å². The molecule has 1 aromatic carbocycles. The molecule has 1 atom stereocenters. The van der Waals surface area contributed by atoms with Gasteiger partial charge in [-0.15, -0.1) is 0 Å². The van der Waals surface area contributed by atoms with E-state index >= 15 is 0 Å². The Balaban J connectivity index is 1.93. The summed E-state index contributed by atoms with van der Waals surface area (Å²) in [6, 6.07) is 8.80. The van der Waals surface area contributed by atoms with Gasteiger partial charge in [-0.25, -0.2) is 0 Å². The molecule has 3 rings (SSSR count). The molecule has 2 heteroatoms. The fourth-order valence-electron chi connectivity index (χ4n) is 2.46. The van der Waals surface area contributed by atoms with Crippen molar-refractivity contribution >= 4 is 10.9 Å². The number of fused-ring (bicyclic) bond motifs is 1. The molecule has 84 valence electrons. The minimum atomic E-state index is 0.413. The van der Waals surface area contributed by atoms with Crippen LogP contribution < -0.4 is 0 Å². The van der Waals surface area contributed by atoms with Crippen LogP contribution in [0.5, 0.6) is 0 Å². The lowest BCUT2D eigenvalue weighted by Crippen LogP contribution is -2.13. The van der Waals surface area contributed by atoms with Crippen molar-refractivity contribution in [2.45, 2.75) is 32.4 Å². The van der Waals surface area contributed by atoms with E-state index in [0.29, 0.717) is 6.10 Å². The van der Waals surface area contributed by atoms with Gasteiger partial charge < -0.3 is 9.30 Å². The van der Waals surface area contributed by atoms with E-state index in [9.17, 15) is 0 Å². The highest BCUT2D eigenvalue weighted by atomic mass is 16.5. The first-order valence-electron chi connectivity index (χ1n) is 6.00. The summed E-state index contributed by atoms with van der Waals surface area (Å²) in [6.07, 6.45) is 5.00. The van der Waals surface area contributed by atoms with Gasteiger partial charge in [-0.3, -0.25) is 0 Å². The van der Waals surface area contributed by atoms with Crippen LogP contribution in [0.1, 0.15) is 18.4 Å². The summed E-state index contributed by atoms with van der Waals surface area (Å²) in [5.74, 6) is 0. The minimum absolute atomic E-state index is 0.413. The van der Waals surface area contributed by atoms with Crippen LogP contribution >= 0.6 is 0 Å². The molecule has 1 fully saturated rings. The van der Waals surface area contributed by atoms with Gasteiger partial charge in [0.25, 0.3) is 0 Å². The molecule has 0 aliphatic carbocycles. The highest BCUT2D eigenvalue weighted by molar-refractivity contribution is 5.80. The molecular formula is C14H17NO. The Morgan fingerprint density at radius 3 is 3.12 bits per heavy atom. The van der Waals surface area contributed by atoms with E-state index in [0.717, 1.165) is 13.2 Å². The molecule has 2 nitrogen and oxygen atoms in total. The van der Waals surface area contributed by atoms with E-state index in [1.54, 1.807) is 0 Å². The fraction of sp³-hybridized carbons (Fsp3) is 0.429. The standard InChI is InChI=1S/C14H17NO/c1-11-4-5-12-6-7-15(14(12)9-11)10-13-3-2-8-16-13/h4-7,9,13H,2-3,8,10H2,1H3. The van der Waals surface area contributed by atoms with Crippen molar-refractivity contribution in [2.75, 3.05) is 6.61 Å². The smallest absolute Gasteiger partial charge is 0.0754 e. The molecule has 1 saturated heterocycles. The predicted octanol–water partition coefficient (Wildman–Crippen LogP) is 3.13. The highest BCUT2D eigenvalue weighted by Crippen LogP contribution is 2.20. The molecular weight excluding hydrogens is 198 g/mol. The minimum Gasteiger partial charge on any atom is -0.376 e. The van der Waals surface area contributed by atoms with Crippen molar-refractivity contribution < 1.29 is 4.74 Å². The van der Waals surface area contributed by atoms with Crippen LogP contribution in [0.3, 0.4) is 0 Å². The zero-order valence-electron chi connectivity index (χ0n) is 9.65.